The standard InChI is InChI=1S/C47H38O4.2CH3.Ti/c1-45(2)50-43(46(48,39-23-19-31-11-3-7-15-35(31)27-39)40-24-20-32-12-4-8-16-36(32)28-40)44(51-45)47(49,41-25-21-33-13-5-9-17-37(33)29-41)42-26-22-34-14-6-10-18-38(34)30-42;;;/h3-30,43-44,48-49H,1-2H3;2*1H3;/q;2*-1;+2/t43-,44-;;;/m1.../s1. The fourth-order valence-electron chi connectivity index (χ4n) is 8.07. The summed E-state index contributed by atoms with van der Waals surface area (Å²) < 4.78 is 13.8. The number of fused-ring (bicyclic) bond motifs is 4. The molecule has 1 aliphatic heterocycles. The summed E-state index contributed by atoms with van der Waals surface area (Å²) in [6, 6.07) is 56.6. The van der Waals surface area contributed by atoms with Crippen LogP contribution in [-0.4, -0.2) is 28.2 Å². The van der Waals surface area contributed by atoms with Gasteiger partial charge in [-0.1, -0.05) is 146 Å². The van der Waals surface area contributed by atoms with Crippen LogP contribution in [0.25, 0.3) is 43.1 Å². The van der Waals surface area contributed by atoms with Crippen LogP contribution in [0.2, 0.25) is 0 Å². The van der Waals surface area contributed by atoms with Gasteiger partial charge in [0.2, 0.25) is 0 Å². The predicted octanol–water partition coefficient (Wildman–Crippen LogP) is 10.9. The third kappa shape index (κ3) is 6.48. The summed E-state index contributed by atoms with van der Waals surface area (Å²) >= 11 is 0. The largest absolute Gasteiger partial charge is 2.00 e. The van der Waals surface area contributed by atoms with Crippen molar-refractivity contribution in [2.45, 2.75) is 43.0 Å². The maximum Gasteiger partial charge on any atom is 2.00 e. The van der Waals surface area contributed by atoms with Crippen molar-refractivity contribution in [3.05, 3.63) is 207 Å². The summed E-state index contributed by atoms with van der Waals surface area (Å²) in [6.45, 7) is 3.70. The molecule has 0 unspecified atom stereocenters. The molecule has 1 heterocycles. The molecule has 1 saturated heterocycles. The minimum Gasteiger partial charge on any atom is -0.378 e. The van der Waals surface area contributed by atoms with Crippen molar-refractivity contribution in [1.29, 1.82) is 0 Å². The molecule has 54 heavy (non-hydrogen) atoms. The monoisotopic (exact) mass is 744 g/mol. The first-order valence-corrected chi connectivity index (χ1v) is 17.5. The van der Waals surface area contributed by atoms with E-state index in [0.29, 0.717) is 22.3 Å². The van der Waals surface area contributed by atoms with E-state index < -0.39 is 29.2 Å². The molecule has 0 radical (unpaired) electrons. The Morgan fingerprint density at radius 2 is 0.611 bits per heavy atom. The van der Waals surface area contributed by atoms with Crippen LogP contribution < -0.4 is 0 Å². The Bertz CT molecular complexity index is 2260. The molecule has 8 aromatic carbocycles. The van der Waals surface area contributed by atoms with Gasteiger partial charge in [0.05, 0.1) is 0 Å². The van der Waals surface area contributed by atoms with E-state index in [4.69, 9.17) is 9.47 Å². The maximum absolute atomic E-state index is 13.7. The van der Waals surface area contributed by atoms with Crippen molar-refractivity contribution in [1.82, 2.24) is 0 Å². The van der Waals surface area contributed by atoms with Gasteiger partial charge in [-0.05, 0) is 103 Å². The number of benzene rings is 8. The van der Waals surface area contributed by atoms with Crippen LogP contribution in [0.5, 0.6) is 0 Å². The Kier molecular flexibility index (Phi) is 10.8. The van der Waals surface area contributed by atoms with E-state index in [-0.39, 0.29) is 36.6 Å². The van der Waals surface area contributed by atoms with Crippen LogP contribution in [0.3, 0.4) is 0 Å². The zero-order chi connectivity index (χ0) is 34.8. The Labute approximate surface area is 332 Å². The molecule has 0 aromatic heterocycles. The molecule has 0 spiro atoms. The van der Waals surface area contributed by atoms with Crippen LogP contribution in [0.4, 0.5) is 0 Å². The second-order valence-corrected chi connectivity index (χ2v) is 14.3. The second-order valence-electron chi connectivity index (χ2n) is 14.3. The van der Waals surface area contributed by atoms with E-state index in [1.54, 1.807) is 0 Å². The topological polar surface area (TPSA) is 58.9 Å². The van der Waals surface area contributed by atoms with Crippen LogP contribution in [0, 0.1) is 14.9 Å². The maximum atomic E-state index is 13.7. The van der Waals surface area contributed by atoms with Crippen molar-refractivity contribution in [3.8, 4) is 0 Å². The summed E-state index contributed by atoms with van der Waals surface area (Å²) in [4.78, 5) is 0. The Morgan fingerprint density at radius 1 is 0.389 bits per heavy atom. The first-order chi connectivity index (χ1) is 24.7. The second kappa shape index (κ2) is 14.9. The molecule has 2 atom stereocenters. The molecule has 0 aliphatic carbocycles. The average Bonchev–Trinajstić information content (AvgIpc) is 3.52. The number of hydrogen-bond acceptors (Lipinski definition) is 4. The molecule has 8 aromatic rings. The number of ether oxygens (including phenoxy) is 2. The minimum atomic E-state index is -1.76. The van der Waals surface area contributed by atoms with E-state index >= 15 is 0 Å². The van der Waals surface area contributed by atoms with Crippen molar-refractivity contribution in [2.75, 3.05) is 0 Å². The molecule has 4 nitrogen and oxygen atoms in total. The molecule has 1 aliphatic rings. The molecule has 2 N–H and O–H groups in total. The third-order valence-corrected chi connectivity index (χ3v) is 10.7. The zero-order valence-electron chi connectivity index (χ0n) is 31.0. The fraction of sp³-hybridized carbons (Fsp3) is 0.143. The molecule has 5 heteroatoms. The van der Waals surface area contributed by atoms with E-state index in [2.05, 4.69) is 24.3 Å². The Balaban J connectivity index is 0.00000166. The smallest absolute Gasteiger partial charge is 0.378 e. The van der Waals surface area contributed by atoms with Gasteiger partial charge in [0, 0.05) is 0 Å². The normalized spacial score (nSPS) is 16.8. The van der Waals surface area contributed by atoms with Gasteiger partial charge < -0.3 is 34.5 Å². The summed E-state index contributed by atoms with van der Waals surface area (Å²) in [5, 5.41) is 35.5. The number of aliphatic hydroxyl groups is 2. The quantitative estimate of drug-likeness (QED) is 0.131. The van der Waals surface area contributed by atoms with Crippen LogP contribution in [0.1, 0.15) is 36.1 Å². The van der Waals surface area contributed by atoms with E-state index in [1.165, 1.54) is 0 Å². The predicted molar refractivity (Wildman–Crippen MR) is 218 cm³/mol. The van der Waals surface area contributed by atoms with E-state index in [0.717, 1.165) is 43.1 Å². The van der Waals surface area contributed by atoms with Crippen LogP contribution >= 0.6 is 0 Å². The van der Waals surface area contributed by atoms with Gasteiger partial charge in [-0.2, -0.15) is 0 Å². The van der Waals surface area contributed by atoms with Gasteiger partial charge in [0.25, 0.3) is 0 Å². The SMILES string of the molecule is CC1(C)O[C@@H](C(O)(c2ccc3ccccc3c2)c2ccc3ccccc3c2)[C@H](C(O)(c2ccc3ccccc3c2)c2ccc3ccccc3c2)O1.[CH3-].[CH3-].[Ti+2]. The number of hydrogen-bond donors (Lipinski definition) is 2. The molecule has 0 amide bonds. The summed E-state index contributed by atoms with van der Waals surface area (Å²) in [5.74, 6) is -1.15. The molecule has 268 valence electrons. The molecule has 9 rings (SSSR count). The van der Waals surface area contributed by atoms with Crippen molar-refractivity contribution < 1.29 is 41.4 Å². The molecule has 0 saturated carbocycles. The average molecular weight is 745 g/mol. The minimum absolute atomic E-state index is 0. The van der Waals surface area contributed by atoms with E-state index in [9.17, 15) is 10.2 Å². The summed E-state index contributed by atoms with van der Waals surface area (Å²) in [6.07, 6.45) is -2.12. The zero-order valence-corrected chi connectivity index (χ0v) is 32.6. The van der Waals surface area contributed by atoms with Gasteiger partial charge >= 0.3 is 21.7 Å². The number of rotatable bonds is 6. The molecular formula is C49H44O4Ti. The summed E-state index contributed by atoms with van der Waals surface area (Å²) in [7, 11) is 0. The van der Waals surface area contributed by atoms with E-state index in [1.807, 2.05) is 159 Å². The Morgan fingerprint density at radius 3 is 0.852 bits per heavy atom. The molecule has 0 bridgehead atoms. The summed E-state index contributed by atoms with van der Waals surface area (Å²) in [5.41, 5.74) is -0.930. The van der Waals surface area contributed by atoms with Crippen molar-refractivity contribution in [3.63, 3.8) is 0 Å². The first kappa shape index (κ1) is 39.1. The van der Waals surface area contributed by atoms with Gasteiger partial charge in [-0.25, -0.2) is 0 Å². The molecular weight excluding hydrogens is 700 g/mol. The fourth-order valence-corrected chi connectivity index (χ4v) is 8.07. The van der Waals surface area contributed by atoms with Crippen molar-refractivity contribution >= 4 is 43.1 Å². The van der Waals surface area contributed by atoms with Crippen LogP contribution in [0.15, 0.2) is 170 Å². The van der Waals surface area contributed by atoms with Gasteiger partial charge in [0.1, 0.15) is 23.4 Å². The van der Waals surface area contributed by atoms with Gasteiger partial charge in [0.15, 0.2) is 5.79 Å². The van der Waals surface area contributed by atoms with Gasteiger partial charge in [-0.3, -0.25) is 0 Å². The van der Waals surface area contributed by atoms with Crippen LogP contribution in [-0.2, 0) is 42.4 Å². The van der Waals surface area contributed by atoms with Crippen molar-refractivity contribution in [2.24, 2.45) is 0 Å². The molecule has 1 fully saturated rings. The first-order valence-electron chi connectivity index (χ1n) is 17.5. The van der Waals surface area contributed by atoms with Gasteiger partial charge in [-0.15, -0.1) is 0 Å². The third-order valence-electron chi connectivity index (χ3n) is 10.7. The Hall–Kier alpha value is -4.65.